The van der Waals surface area contributed by atoms with Crippen LogP contribution in [0.15, 0.2) is 24.3 Å². The summed E-state index contributed by atoms with van der Waals surface area (Å²) in [5, 5.41) is 0. The summed E-state index contributed by atoms with van der Waals surface area (Å²) in [5.41, 5.74) is 6.24. The van der Waals surface area contributed by atoms with Crippen LogP contribution in [-0.4, -0.2) is 48.8 Å². The van der Waals surface area contributed by atoms with Gasteiger partial charge in [-0.2, -0.15) is 0 Å². The number of hydrogen-bond acceptors (Lipinski definition) is 4. The lowest BCUT2D eigenvalue weighted by Gasteiger charge is -2.41. The number of benzene rings is 1. The van der Waals surface area contributed by atoms with Crippen molar-refractivity contribution in [2.45, 2.75) is 82.0 Å². The lowest BCUT2D eigenvalue weighted by molar-refractivity contribution is -0.130. The quantitative estimate of drug-likeness (QED) is 0.814. The number of carbonyl (C=O) groups is 1. The molecule has 5 nitrogen and oxygen atoms in total. The highest BCUT2D eigenvalue weighted by Gasteiger charge is 2.43. The molecule has 0 spiro atoms. The van der Waals surface area contributed by atoms with Crippen LogP contribution in [0.3, 0.4) is 0 Å². The van der Waals surface area contributed by atoms with Crippen molar-refractivity contribution in [2.75, 3.05) is 19.7 Å². The highest BCUT2D eigenvalue weighted by Crippen LogP contribution is 2.38. The average molecular weight is 387 g/mol. The molecule has 0 bridgehead atoms. The Morgan fingerprint density at radius 1 is 1.21 bits per heavy atom. The van der Waals surface area contributed by atoms with Crippen molar-refractivity contribution in [2.24, 2.45) is 5.73 Å². The van der Waals surface area contributed by atoms with Crippen LogP contribution in [0.1, 0.15) is 63.9 Å². The van der Waals surface area contributed by atoms with E-state index in [0.29, 0.717) is 25.6 Å². The minimum absolute atomic E-state index is 0.0954. The van der Waals surface area contributed by atoms with Crippen molar-refractivity contribution in [3.63, 3.8) is 0 Å². The average Bonchev–Trinajstić information content (AvgIpc) is 2.68. The number of amides is 1. The predicted molar refractivity (Wildman–Crippen MR) is 109 cm³/mol. The molecule has 1 saturated carbocycles. The summed E-state index contributed by atoms with van der Waals surface area (Å²) >= 11 is 0. The maximum absolute atomic E-state index is 12.4. The minimum Gasteiger partial charge on any atom is -0.490 e. The van der Waals surface area contributed by atoms with Crippen LogP contribution < -0.4 is 10.5 Å². The van der Waals surface area contributed by atoms with Crippen LogP contribution in [0.2, 0.25) is 0 Å². The second kappa shape index (κ2) is 8.42. The summed E-state index contributed by atoms with van der Waals surface area (Å²) < 4.78 is 12.0. The van der Waals surface area contributed by atoms with E-state index >= 15 is 0 Å². The van der Waals surface area contributed by atoms with Gasteiger partial charge < -0.3 is 20.1 Å². The number of carbonyl (C=O) groups excluding carboxylic acids is 1. The van der Waals surface area contributed by atoms with Gasteiger partial charge in [0.2, 0.25) is 5.91 Å². The molecule has 2 atom stereocenters. The van der Waals surface area contributed by atoms with Crippen LogP contribution in [0.4, 0.5) is 0 Å². The minimum atomic E-state index is -0.619. The molecule has 1 aromatic carbocycles. The summed E-state index contributed by atoms with van der Waals surface area (Å²) in [6, 6.07) is 8.91. The van der Waals surface area contributed by atoms with Gasteiger partial charge in [-0.15, -0.1) is 0 Å². The molecule has 154 valence electrons. The zero-order valence-electron chi connectivity index (χ0n) is 17.1. The molecule has 2 saturated heterocycles. The van der Waals surface area contributed by atoms with Gasteiger partial charge in [0.05, 0.1) is 11.5 Å². The molecule has 2 heterocycles. The van der Waals surface area contributed by atoms with Crippen LogP contribution in [0.25, 0.3) is 0 Å². The molecule has 5 heteroatoms. The van der Waals surface area contributed by atoms with Crippen LogP contribution in [-0.2, 0) is 14.9 Å². The van der Waals surface area contributed by atoms with Gasteiger partial charge >= 0.3 is 0 Å². The fourth-order valence-electron chi connectivity index (χ4n) is 5.00. The molecule has 4 rings (SSSR count). The Labute approximate surface area is 168 Å². The Balaban J connectivity index is 1.38. The molecule has 0 radical (unpaired) electrons. The first-order chi connectivity index (χ1) is 13.6. The van der Waals surface area contributed by atoms with E-state index in [1.54, 1.807) is 0 Å². The molecule has 1 aromatic rings. The number of likely N-dealkylation sites (tertiary alicyclic amines) is 1. The van der Waals surface area contributed by atoms with E-state index < -0.39 is 5.41 Å². The fourth-order valence-corrected chi connectivity index (χ4v) is 5.00. The van der Waals surface area contributed by atoms with Crippen molar-refractivity contribution in [3.05, 3.63) is 29.8 Å². The molecule has 2 aliphatic heterocycles. The third-order valence-corrected chi connectivity index (χ3v) is 7.16. The van der Waals surface area contributed by atoms with Crippen molar-refractivity contribution < 1.29 is 14.3 Å². The lowest BCUT2D eigenvalue weighted by Crippen LogP contribution is -2.48. The van der Waals surface area contributed by atoms with Gasteiger partial charge in [-0.1, -0.05) is 25.5 Å². The molecule has 28 heavy (non-hydrogen) atoms. The number of primary amides is 1. The fraction of sp³-hybridized carbons (Fsp3) is 0.696. The maximum atomic E-state index is 12.4. The van der Waals surface area contributed by atoms with E-state index in [1.165, 1.54) is 19.3 Å². The molecule has 2 unspecified atom stereocenters. The third kappa shape index (κ3) is 3.92. The third-order valence-electron chi connectivity index (χ3n) is 7.16. The van der Waals surface area contributed by atoms with E-state index in [2.05, 4.69) is 11.8 Å². The van der Waals surface area contributed by atoms with Crippen molar-refractivity contribution in [3.8, 4) is 5.75 Å². The van der Waals surface area contributed by atoms with E-state index in [9.17, 15) is 4.79 Å². The van der Waals surface area contributed by atoms with E-state index in [4.69, 9.17) is 15.2 Å². The molecular weight excluding hydrogens is 352 g/mol. The van der Waals surface area contributed by atoms with Gasteiger partial charge in [0.15, 0.2) is 0 Å². The van der Waals surface area contributed by atoms with E-state index in [1.807, 2.05) is 24.3 Å². The first-order valence-electron chi connectivity index (χ1n) is 11.0. The zero-order chi connectivity index (χ0) is 19.6. The Bertz CT molecular complexity index is 665. The molecule has 3 fully saturated rings. The number of nitrogens with two attached hydrogens (primary N) is 1. The molecule has 1 aliphatic carbocycles. The topological polar surface area (TPSA) is 64.8 Å². The summed E-state index contributed by atoms with van der Waals surface area (Å²) in [6.45, 7) is 4.97. The SMILES string of the molecule is CCC1CC(C(N)=O)(c2ccc(OC3CCN(C4CCC4)CC3)cc2)CCO1. The summed E-state index contributed by atoms with van der Waals surface area (Å²) in [6.07, 6.45) is 8.94. The van der Waals surface area contributed by atoms with E-state index in [-0.39, 0.29) is 12.0 Å². The number of piperidine rings is 1. The van der Waals surface area contributed by atoms with Gasteiger partial charge in [-0.3, -0.25) is 4.79 Å². The predicted octanol–water partition coefficient (Wildman–Crippen LogP) is 3.39. The zero-order valence-corrected chi connectivity index (χ0v) is 17.1. The maximum Gasteiger partial charge on any atom is 0.228 e. The Morgan fingerprint density at radius 3 is 2.50 bits per heavy atom. The van der Waals surface area contributed by atoms with Gasteiger partial charge in [0.25, 0.3) is 0 Å². The Morgan fingerprint density at radius 2 is 1.93 bits per heavy atom. The van der Waals surface area contributed by atoms with Crippen molar-refractivity contribution in [1.29, 1.82) is 0 Å². The number of hydrogen-bond donors (Lipinski definition) is 1. The Hall–Kier alpha value is -1.59. The van der Waals surface area contributed by atoms with Crippen LogP contribution in [0, 0.1) is 0 Å². The number of ether oxygens (including phenoxy) is 2. The van der Waals surface area contributed by atoms with Crippen molar-refractivity contribution >= 4 is 5.91 Å². The molecule has 0 aromatic heterocycles. The van der Waals surface area contributed by atoms with Gasteiger partial charge in [0, 0.05) is 25.7 Å². The molecule has 3 aliphatic rings. The molecule has 1 amide bonds. The van der Waals surface area contributed by atoms with Gasteiger partial charge in [-0.05, 0) is 62.6 Å². The molecule has 2 N–H and O–H groups in total. The second-order valence-corrected chi connectivity index (χ2v) is 8.76. The summed E-state index contributed by atoms with van der Waals surface area (Å²) in [7, 11) is 0. The Kier molecular flexibility index (Phi) is 5.93. The van der Waals surface area contributed by atoms with Gasteiger partial charge in [-0.25, -0.2) is 0 Å². The lowest BCUT2D eigenvalue weighted by atomic mass is 9.71. The first kappa shape index (κ1) is 19.7. The standard InChI is InChI=1S/C23H34N2O3/c1-2-19-16-23(22(24)26,12-15-27-19)17-6-8-20(9-7-17)28-21-10-13-25(14-11-21)18-4-3-5-18/h6-9,18-19,21H,2-5,10-16H2,1H3,(H2,24,26). The number of rotatable bonds is 6. The largest absolute Gasteiger partial charge is 0.490 e. The van der Waals surface area contributed by atoms with E-state index in [0.717, 1.165) is 49.7 Å². The summed E-state index contributed by atoms with van der Waals surface area (Å²) in [4.78, 5) is 15.0. The normalized spacial score (nSPS) is 30.0. The smallest absolute Gasteiger partial charge is 0.228 e. The first-order valence-corrected chi connectivity index (χ1v) is 11.0. The highest BCUT2D eigenvalue weighted by molar-refractivity contribution is 5.87. The van der Waals surface area contributed by atoms with Crippen LogP contribution >= 0.6 is 0 Å². The monoisotopic (exact) mass is 386 g/mol. The highest BCUT2D eigenvalue weighted by atomic mass is 16.5. The van der Waals surface area contributed by atoms with Gasteiger partial charge in [0.1, 0.15) is 11.9 Å². The second-order valence-electron chi connectivity index (χ2n) is 8.76. The van der Waals surface area contributed by atoms with Crippen molar-refractivity contribution in [1.82, 2.24) is 4.90 Å². The van der Waals surface area contributed by atoms with Crippen LogP contribution in [0.5, 0.6) is 5.75 Å². The summed E-state index contributed by atoms with van der Waals surface area (Å²) in [5.74, 6) is 0.649. The molecular formula is C23H34N2O3. The number of nitrogens with zero attached hydrogens (tertiary/aromatic N) is 1.